The lowest BCUT2D eigenvalue weighted by atomic mass is 10.1. The highest BCUT2D eigenvalue weighted by Crippen LogP contribution is 2.16. The second-order valence-corrected chi connectivity index (χ2v) is 7.48. The average molecular weight is 352 g/mol. The molecule has 3 aliphatic rings. The van der Waals surface area contributed by atoms with Crippen molar-refractivity contribution < 1.29 is 14.3 Å². The first-order valence-electron chi connectivity index (χ1n) is 9.67. The van der Waals surface area contributed by atoms with E-state index in [1.165, 1.54) is 12.8 Å². The van der Waals surface area contributed by atoms with Crippen LogP contribution in [0.1, 0.15) is 26.7 Å². The van der Waals surface area contributed by atoms with E-state index in [1.807, 2.05) is 16.7 Å². The van der Waals surface area contributed by atoms with Crippen LogP contribution in [0.25, 0.3) is 0 Å². The highest BCUT2D eigenvalue weighted by Gasteiger charge is 2.31. The monoisotopic (exact) mass is 352 g/mol. The molecule has 0 aromatic rings. The van der Waals surface area contributed by atoms with Crippen molar-refractivity contribution in [2.75, 3.05) is 65.5 Å². The van der Waals surface area contributed by atoms with Gasteiger partial charge in [-0.05, 0) is 19.8 Å². The Morgan fingerprint density at radius 2 is 1.64 bits per heavy atom. The second kappa shape index (κ2) is 8.47. The zero-order valence-electron chi connectivity index (χ0n) is 15.7. The summed E-state index contributed by atoms with van der Waals surface area (Å²) in [5.41, 5.74) is 0. The van der Waals surface area contributed by atoms with Crippen molar-refractivity contribution in [2.45, 2.75) is 38.8 Å². The van der Waals surface area contributed by atoms with E-state index in [9.17, 15) is 9.59 Å². The summed E-state index contributed by atoms with van der Waals surface area (Å²) in [6.45, 7) is 12.1. The van der Waals surface area contributed by atoms with Gasteiger partial charge in [0.1, 0.15) is 0 Å². The maximum absolute atomic E-state index is 12.8. The van der Waals surface area contributed by atoms with Crippen molar-refractivity contribution in [3.63, 3.8) is 0 Å². The summed E-state index contributed by atoms with van der Waals surface area (Å²) in [4.78, 5) is 32.7. The molecule has 2 unspecified atom stereocenters. The van der Waals surface area contributed by atoms with Crippen LogP contribution in [0.15, 0.2) is 0 Å². The number of carbonyl (C=O) groups excluding carboxylic acids is 2. The topological polar surface area (TPSA) is 56.3 Å². The molecule has 0 radical (unpaired) electrons. The summed E-state index contributed by atoms with van der Waals surface area (Å²) in [7, 11) is 0. The maximum atomic E-state index is 12.8. The van der Waals surface area contributed by atoms with Crippen molar-refractivity contribution >= 4 is 11.8 Å². The van der Waals surface area contributed by atoms with Crippen LogP contribution in [-0.4, -0.2) is 109 Å². The number of hydrogen-bond acceptors (Lipinski definition) is 5. The molecule has 0 saturated carbocycles. The number of nitrogens with zero attached hydrogens (tertiary/aromatic N) is 4. The second-order valence-electron chi connectivity index (χ2n) is 7.48. The molecule has 2 amide bonds. The molecule has 0 N–H and O–H groups in total. The third-order valence-electron chi connectivity index (χ3n) is 5.83. The van der Waals surface area contributed by atoms with E-state index in [0.717, 1.165) is 39.3 Å². The summed E-state index contributed by atoms with van der Waals surface area (Å²) in [6.07, 6.45) is 2.78. The predicted molar refractivity (Wildman–Crippen MR) is 95.3 cm³/mol. The summed E-state index contributed by atoms with van der Waals surface area (Å²) < 4.78 is 5.73. The third-order valence-corrected chi connectivity index (χ3v) is 5.83. The molecule has 0 spiro atoms. The minimum absolute atomic E-state index is 0.0752. The van der Waals surface area contributed by atoms with Gasteiger partial charge in [0, 0.05) is 72.4 Å². The van der Waals surface area contributed by atoms with Crippen LogP contribution in [0, 0.1) is 0 Å². The number of piperazine rings is 2. The molecular formula is C18H32N4O3. The van der Waals surface area contributed by atoms with Crippen molar-refractivity contribution in [1.29, 1.82) is 0 Å². The minimum Gasteiger partial charge on any atom is -0.377 e. The van der Waals surface area contributed by atoms with Crippen LogP contribution in [0.2, 0.25) is 0 Å². The van der Waals surface area contributed by atoms with Gasteiger partial charge in [0.05, 0.1) is 12.1 Å². The number of rotatable bonds is 4. The predicted octanol–water partition coefficient (Wildman–Crippen LogP) is -0.138. The Morgan fingerprint density at radius 3 is 2.20 bits per heavy atom. The molecule has 25 heavy (non-hydrogen) atoms. The SMILES string of the molecule is CC(=O)N1CCN(C(=O)C(C)N2CCN(CC3CCCO3)CC2)CC1. The Kier molecular flexibility index (Phi) is 6.30. The molecule has 2 atom stereocenters. The van der Waals surface area contributed by atoms with Gasteiger partial charge in [-0.25, -0.2) is 0 Å². The van der Waals surface area contributed by atoms with Gasteiger partial charge in [-0.15, -0.1) is 0 Å². The van der Waals surface area contributed by atoms with Gasteiger partial charge in [0.2, 0.25) is 11.8 Å². The van der Waals surface area contributed by atoms with E-state index in [-0.39, 0.29) is 17.9 Å². The Labute approximate surface area is 150 Å². The lowest BCUT2D eigenvalue weighted by Gasteiger charge is -2.41. The van der Waals surface area contributed by atoms with Crippen LogP contribution in [-0.2, 0) is 14.3 Å². The average Bonchev–Trinajstić information content (AvgIpc) is 3.14. The Bertz CT molecular complexity index is 465. The zero-order chi connectivity index (χ0) is 17.8. The smallest absolute Gasteiger partial charge is 0.239 e. The Morgan fingerprint density at radius 1 is 1.00 bits per heavy atom. The van der Waals surface area contributed by atoms with Crippen LogP contribution in [0.4, 0.5) is 0 Å². The van der Waals surface area contributed by atoms with E-state index in [2.05, 4.69) is 9.80 Å². The molecule has 0 aromatic carbocycles. The van der Waals surface area contributed by atoms with E-state index in [0.29, 0.717) is 32.3 Å². The molecule has 3 fully saturated rings. The summed E-state index contributed by atoms with van der Waals surface area (Å²) in [5.74, 6) is 0.304. The molecule has 3 aliphatic heterocycles. The number of carbonyl (C=O) groups is 2. The van der Waals surface area contributed by atoms with Crippen molar-refractivity contribution in [2.24, 2.45) is 0 Å². The first-order chi connectivity index (χ1) is 12.0. The quantitative estimate of drug-likeness (QED) is 0.705. The molecule has 0 aliphatic carbocycles. The summed E-state index contributed by atoms with van der Waals surface area (Å²) in [5, 5.41) is 0. The largest absolute Gasteiger partial charge is 0.377 e. The van der Waals surface area contributed by atoms with E-state index in [4.69, 9.17) is 4.74 Å². The molecule has 0 bridgehead atoms. The fraction of sp³-hybridized carbons (Fsp3) is 0.889. The van der Waals surface area contributed by atoms with Gasteiger partial charge in [0.25, 0.3) is 0 Å². The van der Waals surface area contributed by atoms with Crippen molar-refractivity contribution in [1.82, 2.24) is 19.6 Å². The maximum Gasteiger partial charge on any atom is 0.239 e. The van der Waals surface area contributed by atoms with Gasteiger partial charge in [-0.1, -0.05) is 0 Å². The van der Waals surface area contributed by atoms with Crippen molar-refractivity contribution in [3.05, 3.63) is 0 Å². The van der Waals surface area contributed by atoms with E-state index in [1.54, 1.807) is 6.92 Å². The number of ether oxygens (including phenoxy) is 1. The van der Waals surface area contributed by atoms with Crippen molar-refractivity contribution in [3.8, 4) is 0 Å². The normalized spacial score (nSPS) is 27.5. The van der Waals surface area contributed by atoms with Gasteiger partial charge >= 0.3 is 0 Å². The van der Waals surface area contributed by atoms with Gasteiger partial charge in [0.15, 0.2) is 0 Å². The van der Waals surface area contributed by atoms with Gasteiger partial charge in [-0.3, -0.25) is 19.4 Å². The molecule has 3 heterocycles. The number of amides is 2. The molecular weight excluding hydrogens is 320 g/mol. The molecule has 3 rings (SSSR count). The van der Waals surface area contributed by atoms with Crippen LogP contribution in [0.3, 0.4) is 0 Å². The van der Waals surface area contributed by atoms with Crippen LogP contribution < -0.4 is 0 Å². The summed E-state index contributed by atoms with van der Waals surface area (Å²) >= 11 is 0. The summed E-state index contributed by atoms with van der Waals surface area (Å²) in [6, 6.07) is -0.0752. The van der Waals surface area contributed by atoms with Crippen LogP contribution in [0.5, 0.6) is 0 Å². The highest BCUT2D eigenvalue weighted by molar-refractivity contribution is 5.82. The van der Waals surface area contributed by atoms with Gasteiger partial charge < -0.3 is 14.5 Å². The Balaban J connectivity index is 1.41. The fourth-order valence-corrected chi connectivity index (χ4v) is 4.07. The minimum atomic E-state index is -0.0752. The molecule has 142 valence electrons. The molecule has 7 nitrogen and oxygen atoms in total. The highest BCUT2D eigenvalue weighted by atomic mass is 16.5. The lowest BCUT2D eigenvalue weighted by Crippen LogP contribution is -2.58. The first-order valence-corrected chi connectivity index (χ1v) is 9.67. The molecule has 7 heteroatoms. The first kappa shape index (κ1) is 18.6. The lowest BCUT2D eigenvalue weighted by molar-refractivity contribution is -0.142. The van der Waals surface area contributed by atoms with E-state index < -0.39 is 0 Å². The number of hydrogen-bond donors (Lipinski definition) is 0. The van der Waals surface area contributed by atoms with E-state index >= 15 is 0 Å². The van der Waals surface area contributed by atoms with Crippen LogP contribution >= 0.6 is 0 Å². The molecule has 3 saturated heterocycles. The van der Waals surface area contributed by atoms with Gasteiger partial charge in [-0.2, -0.15) is 0 Å². The standard InChI is InChI=1S/C18H32N4O3/c1-15(18(24)22-11-9-21(10-12-22)16(2)23)20-7-5-19(6-8-20)14-17-4-3-13-25-17/h15,17H,3-14H2,1-2H3. The zero-order valence-corrected chi connectivity index (χ0v) is 15.7. The fourth-order valence-electron chi connectivity index (χ4n) is 4.07. The molecule has 0 aromatic heterocycles. The third kappa shape index (κ3) is 4.71. The Hall–Kier alpha value is -1.18.